The maximum Gasteiger partial charge on any atom is 0.146 e. The number of rotatable bonds is 34. The second-order valence-corrected chi connectivity index (χ2v) is 31.0. The molecule has 0 fully saturated rings. The summed E-state index contributed by atoms with van der Waals surface area (Å²) >= 11 is 11.0. The fourth-order valence-corrected chi connectivity index (χ4v) is 19.1. The largest absolute Gasteiger partial charge is 0.491 e. The molecule has 0 spiro atoms. The van der Waals surface area contributed by atoms with Crippen LogP contribution >= 0.6 is 68.0 Å². The number of unbranched alkanes of at least 4 members (excludes halogenated alkanes) is 8. The molecule has 2 atom stereocenters. The number of thiophene rings is 6. The van der Waals surface area contributed by atoms with E-state index in [1.807, 2.05) is 45.3 Å². The molecule has 10 heterocycles. The highest BCUT2D eigenvalue weighted by atomic mass is 32.1. The number of hydrogen-bond donors (Lipinski definition) is 0. The number of ether oxygens (including phenoxy) is 2. The van der Waals surface area contributed by atoms with Crippen LogP contribution in [0.25, 0.3) is 104 Å². The van der Waals surface area contributed by atoms with Crippen LogP contribution in [0, 0.1) is 11.8 Å². The fraction of sp³-hybridized carbons (Fsp3) is 0.474. The predicted molar refractivity (Wildman–Crippen MR) is 394 cm³/mol. The highest BCUT2D eigenvalue weighted by Crippen LogP contribution is 2.54. The molecule has 90 heavy (non-hydrogen) atoms. The topological polar surface area (TPSA) is 95.8 Å². The maximum atomic E-state index is 7.42. The zero-order chi connectivity index (χ0) is 62.7. The molecular formula is C76H92N6O2S6. The van der Waals surface area contributed by atoms with E-state index in [9.17, 15) is 0 Å². The van der Waals surface area contributed by atoms with E-state index in [-0.39, 0.29) is 0 Å². The molecular weight excluding hydrogens is 1220 g/mol. The average Bonchev–Trinajstić information content (AvgIpc) is 1.55. The van der Waals surface area contributed by atoms with Crippen LogP contribution in [-0.2, 0) is 38.5 Å². The average molecular weight is 1310 g/mol. The molecule has 0 saturated carbocycles. The summed E-state index contributed by atoms with van der Waals surface area (Å²) in [5, 5.41) is 2.13. The van der Waals surface area contributed by atoms with E-state index in [0.29, 0.717) is 25.0 Å². The van der Waals surface area contributed by atoms with E-state index in [1.165, 1.54) is 93.5 Å². The second kappa shape index (κ2) is 31.4. The van der Waals surface area contributed by atoms with Gasteiger partial charge in [-0.2, -0.15) is 0 Å². The number of benzene rings is 1. The van der Waals surface area contributed by atoms with E-state index in [4.69, 9.17) is 39.4 Å². The molecule has 14 heteroatoms. The molecule has 1 aromatic carbocycles. The van der Waals surface area contributed by atoms with Gasteiger partial charge in [-0.15, -0.1) is 68.0 Å². The first-order valence-electron chi connectivity index (χ1n) is 34.2. The minimum Gasteiger partial charge on any atom is -0.491 e. The van der Waals surface area contributed by atoms with Gasteiger partial charge in [-0.05, 0) is 137 Å². The lowest BCUT2D eigenvalue weighted by Gasteiger charge is -2.19. The summed E-state index contributed by atoms with van der Waals surface area (Å²) in [7, 11) is 0. The molecule has 0 aliphatic heterocycles. The molecule has 2 unspecified atom stereocenters. The van der Waals surface area contributed by atoms with Crippen molar-refractivity contribution >= 4 is 110 Å². The zero-order valence-electron chi connectivity index (χ0n) is 55.0. The highest BCUT2D eigenvalue weighted by molar-refractivity contribution is 7.25. The molecule has 0 saturated heterocycles. The van der Waals surface area contributed by atoms with Crippen molar-refractivity contribution in [3.8, 4) is 73.0 Å². The van der Waals surface area contributed by atoms with Gasteiger partial charge in [0.15, 0.2) is 0 Å². The Hall–Kier alpha value is -5.48. The predicted octanol–water partition coefficient (Wildman–Crippen LogP) is 24.7. The summed E-state index contributed by atoms with van der Waals surface area (Å²) < 4.78 is 17.0. The van der Waals surface area contributed by atoms with Gasteiger partial charge in [-0.3, -0.25) is 9.97 Å². The Balaban J connectivity index is 1.06. The molecule has 0 aliphatic rings. The Morgan fingerprint density at radius 3 is 1.11 bits per heavy atom. The van der Waals surface area contributed by atoms with E-state index >= 15 is 0 Å². The summed E-state index contributed by atoms with van der Waals surface area (Å²) in [6, 6.07) is 23.0. The third-order valence-corrected chi connectivity index (χ3v) is 25.2. The molecule has 0 N–H and O–H groups in total. The Morgan fingerprint density at radius 2 is 0.733 bits per heavy atom. The lowest BCUT2D eigenvalue weighted by atomic mass is 10.0. The summed E-state index contributed by atoms with van der Waals surface area (Å²) in [4.78, 5) is 45.5. The van der Waals surface area contributed by atoms with Crippen molar-refractivity contribution in [1.29, 1.82) is 0 Å². The van der Waals surface area contributed by atoms with Gasteiger partial charge in [0.25, 0.3) is 0 Å². The third kappa shape index (κ3) is 14.5. The first-order valence-corrected chi connectivity index (χ1v) is 39.1. The van der Waals surface area contributed by atoms with Gasteiger partial charge < -0.3 is 9.47 Å². The first kappa shape index (κ1) is 66.0. The Kier molecular flexibility index (Phi) is 23.0. The monoisotopic (exact) mass is 1310 g/mol. The standard InChI is InChI=1S/C76H92N6O2S6/c1-11-21-25-27-31-49-33-35-59(85-49)61-37-39-63(87-61)69-71-67(79-55(17-7)57(19-9)81-71)53(43-77-69)65-41-51-73(83-45-47(15-5)29-23-13-3)76-52(74(75(51)89-65)84-46-48(16-6)30-24-14-4)42-66(90-76)54-44-78-70(72-68(54)80-56(18-8)58(20-10)82-72)64-40-38-62(88-64)60-36-34-50(86-60)32-28-26-22-12-2/h33-44,47-48H,11-32,45-46H2,1-10H3. The van der Waals surface area contributed by atoms with Gasteiger partial charge >= 0.3 is 0 Å². The molecule has 11 aromatic rings. The van der Waals surface area contributed by atoms with Gasteiger partial charge in [0.1, 0.15) is 45.0 Å². The van der Waals surface area contributed by atoms with Crippen molar-refractivity contribution in [3.63, 3.8) is 0 Å². The molecule has 0 aliphatic carbocycles. The molecule has 0 radical (unpaired) electrons. The lowest BCUT2D eigenvalue weighted by Crippen LogP contribution is -2.12. The summed E-state index contributed by atoms with van der Waals surface area (Å²) in [5.41, 5.74) is 11.4. The van der Waals surface area contributed by atoms with Gasteiger partial charge in [0, 0.05) is 73.3 Å². The van der Waals surface area contributed by atoms with Crippen LogP contribution in [0.1, 0.15) is 205 Å². The highest BCUT2D eigenvalue weighted by Gasteiger charge is 2.28. The SMILES string of the molecule is CCCCCCc1ccc(-c2ccc(-c3ncc(-c4cc5c(OCC(CC)CCCC)c6sc(-c7cnc(-c8ccc(-c9ccc(CCCCCC)s9)s8)c8nc(CC)c(CC)nc78)cc6c(OCC(CC)CCCC)c5s4)c4nc(CC)c(CC)nc34)s2)s1. The van der Waals surface area contributed by atoms with Crippen LogP contribution in [0.15, 0.2) is 73.1 Å². The number of aryl methyl sites for hydroxylation is 6. The van der Waals surface area contributed by atoms with Crippen LogP contribution in [0.4, 0.5) is 0 Å². The maximum absolute atomic E-state index is 7.42. The minimum atomic E-state index is 0.421. The molecule has 0 bridgehead atoms. The van der Waals surface area contributed by atoms with Crippen LogP contribution in [0.2, 0.25) is 0 Å². The number of pyridine rings is 2. The molecule has 0 amide bonds. The molecule has 11 rings (SSSR count). The van der Waals surface area contributed by atoms with Gasteiger partial charge in [-0.25, -0.2) is 19.9 Å². The van der Waals surface area contributed by atoms with Gasteiger partial charge in [-0.1, -0.05) is 146 Å². The van der Waals surface area contributed by atoms with E-state index in [2.05, 4.69) is 142 Å². The first-order chi connectivity index (χ1) is 44.2. The van der Waals surface area contributed by atoms with E-state index < -0.39 is 0 Å². The number of nitrogens with zero attached hydrogens (tertiary/aromatic N) is 6. The van der Waals surface area contributed by atoms with E-state index in [1.54, 1.807) is 22.7 Å². The van der Waals surface area contributed by atoms with Crippen LogP contribution in [0.5, 0.6) is 11.5 Å². The Bertz CT molecular complexity index is 3860. The normalized spacial score (nSPS) is 12.6. The summed E-state index contributed by atoms with van der Waals surface area (Å²) in [6.45, 7) is 23.8. The quantitative estimate of drug-likeness (QED) is 0.0368. The fourth-order valence-electron chi connectivity index (χ4n) is 12.5. The molecule has 474 valence electrons. The number of hydrogen-bond acceptors (Lipinski definition) is 14. The van der Waals surface area contributed by atoms with Crippen LogP contribution in [0.3, 0.4) is 0 Å². The summed E-state index contributed by atoms with van der Waals surface area (Å²) in [5.74, 6) is 2.67. The van der Waals surface area contributed by atoms with Gasteiger partial charge in [0.2, 0.25) is 0 Å². The van der Waals surface area contributed by atoms with Crippen molar-refractivity contribution in [2.75, 3.05) is 13.2 Å². The van der Waals surface area contributed by atoms with Crippen molar-refractivity contribution in [3.05, 3.63) is 106 Å². The second-order valence-electron chi connectivity index (χ2n) is 24.4. The van der Waals surface area contributed by atoms with Crippen molar-refractivity contribution in [2.45, 2.75) is 210 Å². The lowest BCUT2D eigenvalue weighted by molar-refractivity contribution is 0.235. The zero-order valence-corrected chi connectivity index (χ0v) is 59.9. The smallest absolute Gasteiger partial charge is 0.146 e. The Morgan fingerprint density at radius 1 is 0.367 bits per heavy atom. The Labute approximate surface area is 559 Å². The number of aromatic nitrogens is 6. The van der Waals surface area contributed by atoms with E-state index in [0.717, 1.165) is 196 Å². The molecule has 10 aromatic heterocycles. The number of fused-ring (bicyclic) bond motifs is 4. The van der Waals surface area contributed by atoms with Crippen molar-refractivity contribution in [1.82, 2.24) is 29.9 Å². The van der Waals surface area contributed by atoms with Crippen LogP contribution in [-0.4, -0.2) is 43.1 Å². The van der Waals surface area contributed by atoms with Crippen molar-refractivity contribution in [2.24, 2.45) is 11.8 Å². The van der Waals surface area contributed by atoms with Crippen molar-refractivity contribution < 1.29 is 9.47 Å². The summed E-state index contributed by atoms with van der Waals surface area (Å²) in [6.07, 6.45) is 28.9. The van der Waals surface area contributed by atoms with Crippen LogP contribution < -0.4 is 9.47 Å². The minimum absolute atomic E-state index is 0.421. The third-order valence-electron chi connectivity index (χ3n) is 18.0. The van der Waals surface area contributed by atoms with Gasteiger partial charge in [0.05, 0.1) is 55.1 Å². The molecule has 8 nitrogen and oxygen atoms in total.